The van der Waals surface area contributed by atoms with Crippen LogP contribution in [0.5, 0.6) is 0 Å². The third kappa shape index (κ3) is 5.38. The predicted molar refractivity (Wildman–Crippen MR) is 105 cm³/mol. The molecule has 0 unspecified atom stereocenters. The number of hydrogen-bond donors (Lipinski definition) is 2. The average Bonchev–Trinajstić information content (AvgIpc) is 3.29. The third-order valence-electron chi connectivity index (χ3n) is 6.24. The molecule has 0 radical (unpaired) electrons. The summed E-state index contributed by atoms with van der Waals surface area (Å²) in [7, 11) is 0. The third-order valence-corrected chi connectivity index (χ3v) is 6.24. The van der Waals surface area contributed by atoms with Crippen LogP contribution >= 0.6 is 0 Å². The van der Waals surface area contributed by atoms with Crippen molar-refractivity contribution in [1.82, 2.24) is 10.6 Å². The Bertz CT molecular complexity index is 550. The highest BCUT2D eigenvalue weighted by molar-refractivity contribution is 5.84. The van der Waals surface area contributed by atoms with Crippen molar-refractivity contribution < 1.29 is 23.8 Å². The predicted octanol–water partition coefficient (Wildman–Crippen LogP) is 3.12. The molecule has 2 saturated carbocycles. The summed E-state index contributed by atoms with van der Waals surface area (Å²) in [6, 6.07) is 0. The molecule has 160 valence electrons. The van der Waals surface area contributed by atoms with Crippen LogP contribution in [-0.4, -0.2) is 49.7 Å². The molecule has 3 rings (SSSR count). The Kier molecular flexibility index (Phi) is 6.54. The zero-order valence-electron chi connectivity index (χ0n) is 17.6. The van der Waals surface area contributed by atoms with E-state index in [2.05, 4.69) is 10.6 Å². The van der Waals surface area contributed by atoms with Crippen LogP contribution in [0, 0.1) is 11.3 Å². The SMILES string of the molecule is CC(C)(C)OC(=O)NCC1(C(=O)NCC2CCC3(CC2)OCCO3)CCCC1. The van der Waals surface area contributed by atoms with Crippen LogP contribution in [0.25, 0.3) is 0 Å². The monoisotopic (exact) mass is 396 g/mol. The van der Waals surface area contributed by atoms with Gasteiger partial charge in [-0.25, -0.2) is 4.79 Å². The molecule has 1 heterocycles. The first-order valence-corrected chi connectivity index (χ1v) is 10.8. The number of carbonyl (C=O) groups excluding carboxylic acids is 2. The van der Waals surface area contributed by atoms with Gasteiger partial charge in [-0.2, -0.15) is 0 Å². The molecule has 0 aromatic rings. The minimum absolute atomic E-state index is 0.0645. The standard InChI is InChI=1S/C21H36N2O5/c1-19(2,3)28-18(25)23-15-20(8-4-5-9-20)17(24)22-14-16-6-10-21(11-7-16)26-12-13-27-21/h16H,4-15H2,1-3H3,(H,22,24)(H,23,25). The van der Waals surface area contributed by atoms with E-state index in [0.29, 0.717) is 32.2 Å². The molecule has 3 fully saturated rings. The highest BCUT2D eigenvalue weighted by Crippen LogP contribution is 2.40. The van der Waals surface area contributed by atoms with Gasteiger partial charge < -0.3 is 24.8 Å². The molecule has 7 nitrogen and oxygen atoms in total. The number of alkyl carbamates (subject to hydrolysis) is 1. The summed E-state index contributed by atoms with van der Waals surface area (Å²) < 4.78 is 16.9. The topological polar surface area (TPSA) is 85.9 Å². The van der Waals surface area contributed by atoms with Gasteiger partial charge in [-0.1, -0.05) is 12.8 Å². The maximum Gasteiger partial charge on any atom is 0.407 e. The molecule has 2 aliphatic carbocycles. The Hall–Kier alpha value is -1.34. The molecule has 2 N–H and O–H groups in total. The van der Waals surface area contributed by atoms with Crippen LogP contribution in [0.3, 0.4) is 0 Å². The van der Waals surface area contributed by atoms with Crippen LogP contribution < -0.4 is 10.6 Å². The van der Waals surface area contributed by atoms with Crippen LogP contribution in [0.2, 0.25) is 0 Å². The van der Waals surface area contributed by atoms with Gasteiger partial charge in [0, 0.05) is 25.9 Å². The van der Waals surface area contributed by atoms with Crippen LogP contribution in [-0.2, 0) is 19.0 Å². The second-order valence-electron chi connectivity index (χ2n) is 9.60. The van der Waals surface area contributed by atoms with Gasteiger partial charge in [0.1, 0.15) is 5.60 Å². The normalized spacial score (nSPS) is 24.2. The lowest BCUT2D eigenvalue weighted by Gasteiger charge is -2.36. The second-order valence-corrected chi connectivity index (χ2v) is 9.60. The van der Waals surface area contributed by atoms with E-state index in [1.54, 1.807) is 0 Å². The molecule has 0 bridgehead atoms. The van der Waals surface area contributed by atoms with E-state index in [1.807, 2.05) is 20.8 Å². The number of hydrogen-bond acceptors (Lipinski definition) is 5. The molecular weight excluding hydrogens is 360 g/mol. The van der Waals surface area contributed by atoms with Crippen LogP contribution in [0.4, 0.5) is 4.79 Å². The summed E-state index contributed by atoms with van der Waals surface area (Å²) in [6.45, 7) is 7.90. The number of rotatable bonds is 5. The summed E-state index contributed by atoms with van der Waals surface area (Å²) in [5.41, 5.74) is -1.05. The van der Waals surface area contributed by atoms with E-state index in [-0.39, 0.29) is 11.7 Å². The lowest BCUT2D eigenvalue weighted by atomic mass is 9.83. The van der Waals surface area contributed by atoms with Crippen molar-refractivity contribution in [2.24, 2.45) is 11.3 Å². The zero-order valence-corrected chi connectivity index (χ0v) is 17.6. The first kappa shape index (κ1) is 21.4. The molecule has 1 spiro atoms. The maximum absolute atomic E-state index is 13.0. The summed E-state index contributed by atoms with van der Waals surface area (Å²) in [4.78, 5) is 25.0. The van der Waals surface area contributed by atoms with E-state index in [1.165, 1.54) is 0 Å². The maximum atomic E-state index is 13.0. The van der Waals surface area contributed by atoms with Crippen molar-refractivity contribution >= 4 is 12.0 Å². The largest absolute Gasteiger partial charge is 0.444 e. The Balaban J connectivity index is 1.46. The molecule has 2 amide bonds. The number of nitrogens with one attached hydrogen (secondary N) is 2. The van der Waals surface area contributed by atoms with Gasteiger partial charge in [-0.05, 0) is 52.4 Å². The number of amides is 2. The lowest BCUT2D eigenvalue weighted by Crippen LogP contribution is -2.49. The molecule has 0 atom stereocenters. The Morgan fingerprint density at radius 1 is 1.00 bits per heavy atom. The van der Waals surface area contributed by atoms with Crippen molar-refractivity contribution in [2.45, 2.75) is 83.5 Å². The number of ether oxygens (including phenoxy) is 3. The molecule has 1 aliphatic heterocycles. The zero-order chi connectivity index (χ0) is 20.3. The summed E-state index contributed by atoms with van der Waals surface area (Å²) in [6.07, 6.45) is 7.01. The quantitative estimate of drug-likeness (QED) is 0.746. The Labute approximate surface area is 168 Å². The summed E-state index contributed by atoms with van der Waals surface area (Å²) in [5.74, 6) is 0.166. The molecular formula is C21H36N2O5. The lowest BCUT2D eigenvalue weighted by molar-refractivity contribution is -0.182. The molecule has 7 heteroatoms. The fraction of sp³-hybridized carbons (Fsp3) is 0.905. The minimum Gasteiger partial charge on any atom is -0.444 e. The minimum atomic E-state index is -0.541. The van der Waals surface area contributed by atoms with E-state index in [4.69, 9.17) is 14.2 Å². The van der Waals surface area contributed by atoms with Gasteiger partial charge in [0.15, 0.2) is 5.79 Å². The molecule has 0 aromatic heterocycles. The molecule has 28 heavy (non-hydrogen) atoms. The summed E-state index contributed by atoms with van der Waals surface area (Å²) in [5, 5.41) is 5.99. The first-order chi connectivity index (χ1) is 13.2. The van der Waals surface area contributed by atoms with E-state index >= 15 is 0 Å². The van der Waals surface area contributed by atoms with Gasteiger partial charge >= 0.3 is 6.09 Å². The van der Waals surface area contributed by atoms with Gasteiger partial charge in [0.05, 0.1) is 18.6 Å². The van der Waals surface area contributed by atoms with Gasteiger partial charge in [-0.3, -0.25) is 4.79 Å². The highest BCUT2D eigenvalue weighted by Gasteiger charge is 2.43. The highest BCUT2D eigenvalue weighted by atomic mass is 16.7. The van der Waals surface area contributed by atoms with Crippen molar-refractivity contribution in [3.8, 4) is 0 Å². The summed E-state index contributed by atoms with van der Waals surface area (Å²) >= 11 is 0. The van der Waals surface area contributed by atoms with Crippen molar-refractivity contribution in [3.63, 3.8) is 0 Å². The Morgan fingerprint density at radius 2 is 1.61 bits per heavy atom. The van der Waals surface area contributed by atoms with Gasteiger partial charge in [0.2, 0.25) is 5.91 Å². The molecule has 1 saturated heterocycles. The van der Waals surface area contributed by atoms with E-state index < -0.39 is 17.1 Å². The van der Waals surface area contributed by atoms with E-state index in [9.17, 15) is 9.59 Å². The van der Waals surface area contributed by atoms with Crippen LogP contribution in [0.1, 0.15) is 72.1 Å². The van der Waals surface area contributed by atoms with E-state index in [0.717, 1.165) is 51.4 Å². The van der Waals surface area contributed by atoms with Gasteiger partial charge in [-0.15, -0.1) is 0 Å². The number of carbonyl (C=O) groups is 2. The Morgan fingerprint density at radius 3 is 2.18 bits per heavy atom. The fourth-order valence-electron chi connectivity index (χ4n) is 4.62. The van der Waals surface area contributed by atoms with Crippen LogP contribution in [0.15, 0.2) is 0 Å². The smallest absolute Gasteiger partial charge is 0.407 e. The first-order valence-electron chi connectivity index (χ1n) is 10.8. The molecule has 0 aromatic carbocycles. The molecule has 3 aliphatic rings. The van der Waals surface area contributed by atoms with Crippen molar-refractivity contribution in [1.29, 1.82) is 0 Å². The van der Waals surface area contributed by atoms with Crippen molar-refractivity contribution in [2.75, 3.05) is 26.3 Å². The van der Waals surface area contributed by atoms with Crippen molar-refractivity contribution in [3.05, 3.63) is 0 Å². The fourth-order valence-corrected chi connectivity index (χ4v) is 4.62. The average molecular weight is 397 g/mol. The van der Waals surface area contributed by atoms with Gasteiger partial charge in [0.25, 0.3) is 0 Å². The second kappa shape index (κ2) is 8.57.